The number of fused-ring (bicyclic) bond motifs is 2. The summed E-state index contributed by atoms with van der Waals surface area (Å²) < 4.78 is 0. The molecule has 1 aromatic heterocycles. The van der Waals surface area contributed by atoms with Crippen LogP contribution < -0.4 is 4.90 Å². The lowest BCUT2D eigenvalue weighted by Crippen LogP contribution is -2.40. The molecule has 5 heteroatoms. The van der Waals surface area contributed by atoms with Gasteiger partial charge in [-0.25, -0.2) is 4.98 Å². The van der Waals surface area contributed by atoms with Crippen LogP contribution in [0.15, 0.2) is 18.3 Å². The Hall–Kier alpha value is -1.62. The van der Waals surface area contributed by atoms with Gasteiger partial charge < -0.3 is 14.7 Å². The molecule has 3 aliphatic rings. The van der Waals surface area contributed by atoms with Gasteiger partial charge in [-0.15, -0.1) is 0 Å². The quantitative estimate of drug-likeness (QED) is 0.837. The van der Waals surface area contributed by atoms with Gasteiger partial charge in [0.1, 0.15) is 5.82 Å². The zero-order valence-corrected chi connectivity index (χ0v) is 13.9. The SMILES string of the molecule is CN1CC[C@H]2CC[C@@H](C1)N2c1ncccc1C(=O)N1CCCC1. The van der Waals surface area contributed by atoms with Crippen molar-refractivity contribution in [3.8, 4) is 0 Å². The van der Waals surface area contributed by atoms with Crippen molar-refractivity contribution in [1.29, 1.82) is 0 Å². The summed E-state index contributed by atoms with van der Waals surface area (Å²) in [6.45, 7) is 4.00. The minimum Gasteiger partial charge on any atom is -0.349 e. The second-order valence-corrected chi connectivity index (χ2v) is 7.22. The number of aromatic nitrogens is 1. The number of pyridine rings is 1. The van der Waals surface area contributed by atoms with Crippen LogP contribution in [0, 0.1) is 0 Å². The molecule has 0 aliphatic carbocycles. The zero-order chi connectivity index (χ0) is 15.8. The van der Waals surface area contributed by atoms with Crippen LogP contribution >= 0.6 is 0 Å². The topological polar surface area (TPSA) is 39.7 Å². The fourth-order valence-electron chi connectivity index (χ4n) is 4.45. The average molecular weight is 314 g/mol. The Kier molecular flexibility index (Phi) is 3.97. The number of likely N-dealkylation sites (tertiary alicyclic amines) is 2. The number of rotatable bonds is 2. The molecule has 0 spiro atoms. The predicted molar refractivity (Wildman–Crippen MR) is 90.8 cm³/mol. The van der Waals surface area contributed by atoms with Gasteiger partial charge in [0.25, 0.3) is 5.91 Å². The number of hydrogen-bond acceptors (Lipinski definition) is 4. The summed E-state index contributed by atoms with van der Waals surface area (Å²) >= 11 is 0. The Bertz CT molecular complexity index is 584. The summed E-state index contributed by atoms with van der Waals surface area (Å²) in [6.07, 6.45) is 7.70. The summed E-state index contributed by atoms with van der Waals surface area (Å²) in [5, 5.41) is 0. The van der Waals surface area contributed by atoms with Crippen LogP contribution in [-0.2, 0) is 0 Å². The maximum atomic E-state index is 12.9. The smallest absolute Gasteiger partial charge is 0.257 e. The van der Waals surface area contributed by atoms with Crippen molar-refractivity contribution in [2.24, 2.45) is 0 Å². The van der Waals surface area contributed by atoms with E-state index in [0.717, 1.165) is 50.4 Å². The molecule has 3 saturated heterocycles. The summed E-state index contributed by atoms with van der Waals surface area (Å²) in [6, 6.07) is 4.90. The number of carbonyl (C=O) groups excluding carboxylic acids is 1. The lowest BCUT2D eigenvalue weighted by Gasteiger charge is -2.31. The van der Waals surface area contributed by atoms with Crippen molar-refractivity contribution in [3.05, 3.63) is 23.9 Å². The highest BCUT2D eigenvalue weighted by Gasteiger charge is 2.39. The number of nitrogens with zero attached hydrogens (tertiary/aromatic N) is 4. The molecule has 0 unspecified atom stereocenters. The van der Waals surface area contributed by atoms with Gasteiger partial charge in [-0.05, 0) is 57.8 Å². The van der Waals surface area contributed by atoms with Gasteiger partial charge >= 0.3 is 0 Å². The van der Waals surface area contributed by atoms with E-state index in [2.05, 4.69) is 21.8 Å². The molecular formula is C18H26N4O. The first-order valence-electron chi connectivity index (χ1n) is 8.95. The molecule has 0 radical (unpaired) electrons. The molecule has 0 saturated carbocycles. The van der Waals surface area contributed by atoms with Gasteiger partial charge in [-0.3, -0.25) is 4.79 Å². The van der Waals surface area contributed by atoms with Gasteiger partial charge in [0, 0.05) is 37.9 Å². The van der Waals surface area contributed by atoms with Gasteiger partial charge in [0.15, 0.2) is 0 Å². The van der Waals surface area contributed by atoms with Crippen LogP contribution in [0.1, 0.15) is 42.5 Å². The molecule has 2 atom stereocenters. The van der Waals surface area contributed by atoms with Gasteiger partial charge in [0.05, 0.1) is 5.56 Å². The number of hydrogen-bond donors (Lipinski definition) is 0. The van der Waals surface area contributed by atoms with Gasteiger partial charge in [0.2, 0.25) is 0 Å². The standard InChI is InChI=1S/C18H26N4O/c1-20-12-8-14-6-7-15(13-20)22(14)17-16(5-4-9-19-17)18(23)21-10-2-3-11-21/h4-5,9,14-15H,2-3,6-8,10-13H2,1H3/t14-,15+/m1/s1. The van der Waals surface area contributed by atoms with Crippen molar-refractivity contribution in [2.45, 2.75) is 44.2 Å². The molecule has 4 heterocycles. The molecule has 124 valence electrons. The second kappa shape index (κ2) is 6.11. The summed E-state index contributed by atoms with van der Waals surface area (Å²) in [5.41, 5.74) is 0.802. The molecule has 0 aromatic carbocycles. The van der Waals surface area contributed by atoms with Crippen molar-refractivity contribution in [2.75, 3.05) is 38.1 Å². The first kappa shape index (κ1) is 14.9. The number of anilines is 1. The molecule has 1 aromatic rings. The molecular weight excluding hydrogens is 288 g/mol. The van der Waals surface area contributed by atoms with E-state index in [4.69, 9.17) is 0 Å². The third-order valence-corrected chi connectivity index (χ3v) is 5.64. The van der Waals surface area contributed by atoms with E-state index in [0.29, 0.717) is 12.1 Å². The number of amides is 1. The lowest BCUT2D eigenvalue weighted by molar-refractivity contribution is 0.0793. The van der Waals surface area contributed by atoms with E-state index in [1.54, 1.807) is 0 Å². The summed E-state index contributed by atoms with van der Waals surface area (Å²) in [7, 11) is 2.20. The van der Waals surface area contributed by atoms with E-state index in [-0.39, 0.29) is 5.91 Å². The first-order valence-corrected chi connectivity index (χ1v) is 8.95. The zero-order valence-electron chi connectivity index (χ0n) is 13.9. The molecule has 0 N–H and O–H groups in total. The molecule has 4 rings (SSSR count). The van der Waals surface area contributed by atoms with Crippen LogP contribution in [0.5, 0.6) is 0 Å². The molecule has 5 nitrogen and oxygen atoms in total. The predicted octanol–water partition coefficient (Wildman–Crippen LogP) is 1.99. The summed E-state index contributed by atoms with van der Waals surface area (Å²) in [5.74, 6) is 1.09. The Morgan fingerprint density at radius 1 is 1.13 bits per heavy atom. The molecule has 3 aliphatic heterocycles. The minimum atomic E-state index is 0.169. The Morgan fingerprint density at radius 2 is 1.91 bits per heavy atom. The largest absolute Gasteiger partial charge is 0.349 e. The molecule has 2 bridgehead atoms. The van der Waals surface area contributed by atoms with Gasteiger partial charge in [-0.1, -0.05) is 0 Å². The number of carbonyl (C=O) groups is 1. The Labute approximate surface area is 138 Å². The molecule has 1 amide bonds. The lowest BCUT2D eigenvalue weighted by atomic mass is 10.1. The van der Waals surface area contributed by atoms with Crippen LogP contribution in [0.25, 0.3) is 0 Å². The minimum absolute atomic E-state index is 0.169. The maximum absolute atomic E-state index is 12.9. The van der Waals surface area contributed by atoms with Crippen LogP contribution in [0.3, 0.4) is 0 Å². The van der Waals surface area contributed by atoms with E-state index in [1.807, 2.05) is 23.2 Å². The summed E-state index contributed by atoms with van der Waals surface area (Å²) in [4.78, 5) is 24.5. The monoisotopic (exact) mass is 314 g/mol. The highest BCUT2D eigenvalue weighted by Crippen LogP contribution is 2.35. The maximum Gasteiger partial charge on any atom is 0.257 e. The van der Waals surface area contributed by atoms with Crippen molar-refractivity contribution >= 4 is 11.7 Å². The molecule has 3 fully saturated rings. The average Bonchev–Trinajstić information content (AvgIpc) is 3.18. The third kappa shape index (κ3) is 2.71. The first-order chi connectivity index (χ1) is 11.2. The fraction of sp³-hybridized carbons (Fsp3) is 0.667. The third-order valence-electron chi connectivity index (χ3n) is 5.64. The van der Waals surface area contributed by atoms with Crippen LogP contribution in [0.2, 0.25) is 0 Å². The van der Waals surface area contributed by atoms with Gasteiger partial charge in [-0.2, -0.15) is 0 Å². The van der Waals surface area contributed by atoms with Crippen molar-refractivity contribution in [1.82, 2.24) is 14.8 Å². The highest BCUT2D eigenvalue weighted by atomic mass is 16.2. The molecule has 23 heavy (non-hydrogen) atoms. The van der Waals surface area contributed by atoms with Crippen molar-refractivity contribution in [3.63, 3.8) is 0 Å². The van der Waals surface area contributed by atoms with E-state index in [9.17, 15) is 4.79 Å². The normalized spacial score (nSPS) is 28.2. The van der Waals surface area contributed by atoms with Crippen LogP contribution in [-0.4, -0.2) is 66.0 Å². The Morgan fingerprint density at radius 3 is 2.74 bits per heavy atom. The highest BCUT2D eigenvalue weighted by molar-refractivity contribution is 5.99. The van der Waals surface area contributed by atoms with E-state index < -0.39 is 0 Å². The fourth-order valence-corrected chi connectivity index (χ4v) is 4.45. The van der Waals surface area contributed by atoms with E-state index in [1.165, 1.54) is 19.3 Å². The second-order valence-electron chi connectivity index (χ2n) is 7.22. The number of likely N-dealkylation sites (N-methyl/N-ethyl adjacent to an activating group) is 1. The van der Waals surface area contributed by atoms with E-state index >= 15 is 0 Å². The Balaban J connectivity index is 1.67. The van der Waals surface area contributed by atoms with Crippen LogP contribution in [0.4, 0.5) is 5.82 Å². The van der Waals surface area contributed by atoms with Crippen molar-refractivity contribution < 1.29 is 4.79 Å².